The molecule has 1 heterocycles. The molecule has 2 nitrogen and oxygen atoms in total. The molecule has 1 aromatic carbocycles. The molecule has 1 aromatic heterocycles. The first-order chi connectivity index (χ1) is 6.20. The molecule has 0 bridgehead atoms. The molecular weight excluding hydrogens is 286 g/mol. The molecule has 0 unspecified atom stereocenters. The third-order valence-corrected chi connectivity index (χ3v) is 2.45. The zero-order chi connectivity index (χ0) is 9.42. The lowest BCUT2D eigenvalue weighted by Gasteiger charge is -1.96. The third kappa shape index (κ3) is 1.35. The van der Waals surface area contributed by atoms with Gasteiger partial charge in [-0.25, -0.2) is 4.39 Å². The molecule has 0 saturated carbocycles. The van der Waals surface area contributed by atoms with Gasteiger partial charge in [0.2, 0.25) is 5.43 Å². The van der Waals surface area contributed by atoms with Gasteiger partial charge in [-0.2, -0.15) is 0 Å². The Labute approximate surface area is 86.5 Å². The maximum Gasteiger partial charge on any atom is 0.206 e. The van der Waals surface area contributed by atoms with E-state index in [0.717, 1.165) is 0 Å². The summed E-state index contributed by atoms with van der Waals surface area (Å²) in [7, 11) is 0. The molecule has 0 fully saturated rings. The Bertz CT molecular complexity index is 518. The zero-order valence-corrected chi connectivity index (χ0v) is 8.54. The van der Waals surface area contributed by atoms with Crippen molar-refractivity contribution in [3.05, 3.63) is 44.1 Å². The number of para-hydroxylation sites is 1. The first kappa shape index (κ1) is 8.68. The van der Waals surface area contributed by atoms with Crippen molar-refractivity contribution in [3.8, 4) is 0 Å². The maximum absolute atomic E-state index is 13.1. The van der Waals surface area contributed by atoms with E-state index in [-0.39, 0.29) is 16.4 Å². The van der Waals surface area contributed by atoms with E-state index in [4.69, 9.17) is 4.42 Å². The molecule has 2 rings (SSSR count). The van der Waals surface area contributed by atoms with Crippen LogP contribution >= 0.6 is 22.6 Å². The third-order valence-electron chi connectivity index (χ3n) is 1.71. The molecule has 4 heteroatoms. The first-order valence-corrected chi connectivity index (χ1v) is 4.63. The summed E-state index contributed by atoms with van der Waals surface area (Å²) in [5.74, 6) is -0.508. The van der Waals surface area contributed by atoms with Crippen LogP contribution in [0.3, 0.4) is 0 Å². The molecule has 0 N–H and O–H groups in total. The molecule has 0 aliphatic rings. The molecule has 0 amide bonds. The maximum atomic E-state index is 13.1. The first-order valence-electron chi connectivity index (χ1n) is 3.55. The van der Waals surface area contributed by atoms with Crippen molar-refractivity contribution in [1.29, 1.82) is 0 Å². The van der Waals surface area contributed by atoms with Crippen molar-refractivity contribution in [2.75, 3.05) is 0 Å². The summed E-state index contributed by atoms with van der Waals surface area (Å²) in [6.07, 6.45) is 1.26. The standard InChI is InChI=1S/C9H4FIO2/c10-6-3-1-2-5-8(12)7(11)4-13-9(5)6/h1-4H. The van der Waals surface area contributed by atoms with Crippen molar-refractivity contribution in [3.63, 3.8) is 0 Å². The molecule has 2 aromatic rings. The molecule has 13 heavy (non-hydrogen) atoms. The highest BCUT2D eigenvalue weighted by atomic mass is 127. The summed E-state index contributed by atoms with van der Waals surface area (Å²) < 4.78 is 18.5. The lowest BCUT2D eigenvalue weighted by atomic mass is 10.2. The molecule has 0 aliphatic carbocycles. The highest BCUT2D eigenvalue weighted by molar-refractivity contribution is 14.1. The highest BCUT2D eigenvalue weighted by Gasteiger charge is 2.07. The second kappa shape index (κ2) is 3.10. The van der Waals surface area contributed by atoms with Gasteiger partial charge in [-0.3, -0.25) is 4.79 Å². The fourth-order valence-corrected chi connectivity index (χ4v) is 1.52. The van der Waals surface area contributed by atoms with Crippen LogP contribution in [0.15, 0.2) is 33.7 Å². The number of hydrogen-bond donors (Lipinski definition) is 0. The number of benzene rings is 1. The van der Waals surface area contributed by atoms with E-state index < -0.39 is 5.82 Å². The zero-order valence-electron chi connectivity index (χ0n) is 6.38. The predicted molar refractivity (Wildman–Crippen MR) is 55.2 cm³/mol. The Morgan fingerprint density at radius 3 is 2.92 bits per heavy atom. The lowest BCUT2D eigenvalue weighted by molar-refractivity contribution is 0.548. The minimum absolute atomic E-state index is 0.0212. The van der Waals surface area contributed by atoms with E-state index in [1.54, 1.807) is 6.07 Å². The van der Waals surface area contributed by atoms with Crippen LogP contribution in [0.4, 0.5) is 4.39 Å². The molecule has 0 radical (unpaired) electrons. The van der Waals surface area contributed by atoms with E-state index >= 15 is 0 Å². The monoisotopic (exact) mass is 290 g/mol. The van der Waals surface area contributed by atoms with Crippen LogP contribution in [0.5, 0.6) is 0 Å². The Hall–Kier alpha value is -0.910. The second-order valence-corrected chi connectivity index (χ2v) is 3.69. The number of hydrogen-bond acceptors (Lipinski definition) is 2. The van der Waals surface area contributed by atoms with Gasteiger partial charge in [0.25, 0.3) is 0 Å². The highest BCUT2D eigenvalue weighted by Crippen LogP contribution is 2.15. The Morgan fingerprint density at radius 2 is 2.15 bits per heavy atom. The van der Waals surface area contributed by atoms with Gasteiger partial charge in [0.15, 0.2) is 11.4 Å². The van der Waals surface area contributed by atoms with Crippen LogP contribution in [0, 0.1) is 9.39 Å². The molecule has 0 atom stereocenters. The molecule has 0 aliphatic heterocycles. The van der Waals surface area contributed by atoms with Gasteiger partial charge in [0, 0.05) is 0 Å². The summed E-state index contributed by atoms with van der Waals surface area (Å²) in [6.45, 7) is 0. The SMILES string of the molecule is O=c1c(I)coc2c(F)cccc12. The average Bonchev–Trinajstić information content (AvgIpc) is 2.12. The van der Waals surface area contributed by atoms with Gasteiger partial charge in [-0.15, -0.1) is 0 Å². The van der Waals surface area contributed by atoms with E-state index in [1.165, 1.54) is 18.4 Å². The largest absolute Gasteiger partial charge is 0.460 e. The molecule has 66 valence electrons. The second-order valence-electron chi connectivity index (χ2n) is 2.53. The summed E-state index contributed by atoms with van der Waals surface area (Å²) in [5, 5.41) is 0.284. The van der Waals surface area contributed by atoms with Crippen LogP contribution < -0.4 is 5.43 Å². The van der Waals surface area contributed by atoms with Crippen molar-refractivity contribution < 1.29 is 8.81 Å². The fourth-order valence-electron chi connectivity index (χ4n) is 1.10. The summed E-state index contributed by atoms with van der Waals surface area (Å²) in [6, 6.07) is 4.30. The van der Waals surface area contributed by atoms with Crippen molar-refractivity contribution >= 4 is 33.6 Å². The van der Waals surface area contributed by atoms with Crippen LogP contribution in [0.25, 0.3) is 11.0 Å². The summed E-state index contributed by atoms with van der Waals surface area (Å²) in [5.41, 5.74) is -0.172. The van der Waals surface area contributed by atoms with Gasteiger partial charge in [0.1, 0.15) is 6.26 Å². The van der Waals surface area contributed by atoms with E-state index in [2.05, 4.69) is 0 Å². The topological polar surface area (TPSA) is 30.2 Å². The quantitative estimate of drug-likeness (QED) is 0.698. The summed E-state index contributed by atoms with van der Waals surface area (Å²) in [4.78, 5) is 11.4. The van der Waals surface area contributed by atoms with Crippen molar-refractivity contribution in [1.82, 2.24) is 0 Å². The van der Waals surface area contributed by atoms with Crippen LogP contribution in [-0.4, -0.2) is 0 Å². The van der Waals surface area contributed by atoms with Gasteiger partial charge < -0.3 is 4.42 Å². The Kier molecular flexibility index (Phi) is 2.07. The number of rotatable bonds is 0. The number of halogens is 2. The van der Waals surface area contributed by atoms with Crippen LogP contribution in [-0.2, 0) is 0 Å². The molecule has 0 saturated heterocycles. The predicted octanol–water partition coefficient (Wildman–Crippen LogP) is 2.54. The van der Waals surface area contributed by atoms with E-state index in [1.807, 2.05) is 22.6 Å². The van der Waals surface area contributed by atoms with Gasteiger partial charge in [-0.05, 0) is 34.7 Å². The lowest BCUT2D eigenvalue weighted by Crippen LogP contribution is -2.04. The van der Waals surface area contributed by atoms with Gasteiger partial charge >= 0.3 is 0 Å². The summed E-state index contributed by atoms with van der Waals surface area (Å²) >= 11 is 1.86. The van der Waals surface area contributed by atoms with E-state index in [9.17, 15) is 9.18 Å². The molecule has 0 spiro atoms. The minimum atomic E-state index is -0.508. The Morgan fingerprint density at radius 1 is 1.38 bits per heavy atom. The smallest absolute Gasteiger partial charge is 0.206 e. The van der Waals surface area contributed by atoms with E-state index in [0.29, 0.717) is 3.57 Å². The van der Waals surface area contributed by atoms with Gasteiger partial charge in [-0.1, -0.05) is 6.07 Å². The van der Waals surface area contributed by atoms with Crippen LogP contribution in [0.1, 0.15) is 0 Å². The Balaban J connectivity index is 3.03. The average molecular weight is 290 g/mol. The van der Waals surface area contributed by atoms with Crippen LogP contribution in [0.2, 0.25) is 0 Å². The fraction of sp³-hybridized carbons (Fsp3) is 0. The van der Waals surface area contributed by atoms with Crippen molar-refractivity contribution in [2.24, 2.45) is 0 Å². The molecular formula is C9H4FIO2. The normalized spacial score (nSPS) is 10.6. The van der Waals surface area contributed by atoms with Crippen molar-refractivity contribution in [2.45, 2.75) is 0 Å². The minimum Gasteiger partial charge on any atom is -0.460 e. The number of fused-ring (bicyclic) bond motifs is 1. The van der Waals surface area contributed by atoms with Gasteiger partial charge in [0.05, 0.1) is 8.96 Å².